The van der Waals surface area contributed by atoms with E-state index in [9.17, 15) is 13.2 Å². The van der Waals surface area contributed by atoms with E-state index in [1.54, 1.807) is 34.6 Å². The number of benzene rings is 2. The summed E-state index contributed by atoms with van der Waals surface area (Å²) in [5.41, 5.74) is 4.48. The van der Waals surface area contributed by atoms with E-state index in [1.165, 1.54) is 12.1 Å². The third-order valence-corrected chi connectivity index (χ3v) is 3.45. The topological polar surface area (TPSA) is 30.9 Å². The van der Waals surface area contributed by atoms with E-state index in [1.807, 2.05) is 12.1 Å². The number of anilines is 2. The SMILES string of the molecule is FC(F)(F)c1ccc(N2C=CN(c3ccc(N=C=S)cc3)N2)cc1. The average molecular weight is 348 g/mol. The molecule has 0 radical (unpaired) electrons. The Morgan fingerprint density at radius 1 is 0.875 bits per heavy atom. The van der Waals surface area contributed by atoms with E-state index >= 15 is 0 Å². The van der Waals surface area contributed by atoms with Gasteiger partial charge in [-0.3, -0.25) is 10.0 Å². The maximum atomic E-state index is 12.6. The second kappa shape index (κ2) is 6.45. The third-order valence-electron chi connectivity index (χ3n) is 3.36. The normalized spacial score (nSPS) is 14.0. The van der Waals surface area contributed by atoms with Crippen molar-refractivity contribution < 1.29 is 13.2 Å². The van der Waals surface area contributed by atoms with Crippen molar-refractivity contribution in [3.05, 3.63) is 66.5 Å². The maximum Gasteiger partial charge on any atom is 0.416 e. The summed E-state index contributed by atoms with van der Waals surface area (Å²) in [5.74, 6) is 0. The van der Waals surface area contributed by atoms with Crippen molar-refractivity contribution >= 4 is 34.4 Å². The summed E-state index contributed by atoms with van der Waals surface area (Å²) in [6.45, 7) is 0. The first-order chi connectivity index (χ1) is 11.5. The highest BCUT2D eigenvalue weighted by Crippen LogP contribution is 2.31. The Balaban J connectivity index is 1.71. The predicted octanol–water partition coefficient (Wildman–Crippen LogP) is 4.66. The first kappa shape index (κ1) is 16.2. The number of hydrogen-bond acceptors (Lipinski definition) is 5. The molecule has 1 heterocycles. The summed E-state index contributed by atoms with van der Waals surface area (Å²) >= 11 is 4.55. The van der Waals surface area contributed by atoms with Crippen LogP contribution in [0.3, 0.4) is 0 Å². The van der Waals surface area contributed by atoms with Crippen LogP contribution in [0.4, 0.5) is 30.2 Å². The molecule has 0 bridgehead atoms. The fourth-order valence-electron chi connectivity index (χ4n) is 2.16. The first-order valence-electron chi connectivity index (χ1n) is 6.86. The highest BCUT2D eigenvalue weighted by molar-refractivity contribution is 7.78. The fourth-order valence-corrected chi connectivity index (χ4v) is 2.26. The number of halogens is 3. The minimum Gasteiger partial charge on any atom is -0.265 e. The molecule has 1 aliphatic heterocycles. The van der Waals surface area contributed by atoms with Gasteiger partial charge in [0.15, 0.2) is 0 Å². The summed E-state index contributed by atoms with van der Waals surface area (Å²) in [5, 5.41) is 5.63. The van der Waals surface area contributed by atoms with Gasteiger partial charge in [0.1, 0.15) is 0 Å². The van der Waals surface area contributed by atoms with Crippen LogP contribution in [0.25, 0.3) is 0 Å². The molecule has 3 rings (SSSR count). The van der Waals surface area contributed by atoms with Crippen molar-refractivity contribution in [2.75, 3.05) is 10.0 Å². The molecule has 24 heavy (non-hydrogen) atoms. The summed E-state index contributed by atoms with van der Waals surface area (Å²) in [4.78, 5) is 3.87. The van der Waals surface area contributed by atoms with Crippen molar-refractivity contribution in [2.24, 2.45) is 4.99 Å². The lowest BCUT2D eigenvalue weighted by Crippen LogP contribution is -2.39. The highest BCUT2D eigenvalue weighted by Gasteiger charge is 2.30. The Bertz CT molecular complexity index is 794. The standard InChI is InChI=1S/C16H11F3N4S/c17-16(18,19)12-1-5-14(6-2-12)22-9-10-23(21-22)15-7-3-13(4-8-15)20-11-24/h1-10,21H. The molecule has 0 atom stereocenters. The van der Waals surface area contributed by atoms with Gasteiger partial charge in [0.05, 0.1) is 27.8 Å². The summed E-state index contributed by atoms with van der Waals surface area (Å²) in [7, 11) is 0. The Labute approximate surface area is 141 Å². The Morgan fingerprint density at radius 3 is 1.83 bits per heavy atom. The molecule has 0 aromatic heterocycles. The quantitative estimate of drug-likeness (QED) is 0.646. The molecule has 0 saturated carbocycles. The molecule has 2 aromatic rings. The van der Waals surface area contributed by atoms with E-state index in [4.69, 9.17) is 0 Å². The van der Waals surface area contributed by atoms with Gasteiger partial charge < -0.3 is 0 Å². The zero-order valence-corrected chi connectivity index (χ0v) is 13.0. The number of alkyl halides is 3. The molecule has 1 aliphatic rings. The van der Waals surface area contributed by atoms with E-state index in [-0.39, 0.29) is 0 Å². The van der Waals surface area contributed by atoms with E-state index in [0.717, 1.165) is 17.8 Å². The fraction of sp³-hybridized carbons (Fsp3) is 0.0625. The molecule has 2 aromatic carbocycles. The third kappa shape index (κ3) is 3.46. The average Bonchev–Trinajstić information content (AvgIpc) is 3.05. The molecule has 1 N–H and O–H groups in total. The molecule has 0 unspecified atom stereocenters. The van der Waals surface area contributed by atoms with Gasteiger partial charge in [0, 0.05) is 12.4 Å². The van der Waals surface area contributed by atoms with Gasteiger partial charge in [0.2, 0.25) is 0 Å². The molecule has 8 heteroatoms. The second-order valence-corrected chi connectivity index (χ2v) is 5.08. The van der Waals surface area contributed by atoms with Crippen LogP contribution in [0.1, 0.15) is 5.56 Å². The Hall–Kier alpha value is -2.67. The molecular weight excluding hydrogens is 337 g/mol. The number of aliphatic imine (C=N–C) groups is 1. The number of rotatable bonds is 3. The number of nitrogens with one attached hydrogen (secondary N) is 1. The van der Waals surface area contributed by atoms with Gasteiger partial charge >= 0.3 is 6.18 Å². The van der Waals surface area contributed by atoms with Gasteiger partial charge in [-0.15, -0.1) is 5.53 Å². The van der Waals surface area contributed by atoms with Crippen molar-refractivity contribution in [3.63, 3.8) is 0 Å². The monoisotopic (exact) mass is 348 g/mol. The molecule has 0 fully saturated rings. The number of hydrogen-bond donors (Lipinski definition) is 1. The minimum absolute atomic E-state index is 0.587. The lowest BCUT2D eigenvalue weighted by atomic mass is 10.2. The van der Waals surface area contributed by atoms with Gasteiger partial charge in [-0.2, -0.15) is 18.2 Å². The van der Waals surface area contributed by atoms with Gasteiger partial charge in [0.25, 0.3) is 0 Å². The predicted molar refractivity (Wildman–Crippen MR) is 89.8 cm³/mol. The first-order valence-corrected chi connectivity index (χ1v) is 7.26. The smallest absolute Gasteiger partial charge is 0.265 e. The second-order valence-electron chi connectivity index (χ2n) is 4.90. The molecule has 0 amide bonds. The van der Waals surface area contributed by atoms with Crippen molar-refractivity contribution in [1.29, 1.82) is 0 Å². The highest BCUT2D eigenvalue weighted by atomic mass is 32.1. The van der Waals surface area contributed by atoms with Crippen LogP contribution in [0.5, 0.6) is 0 Å². The zero-order valence-electron chi connectivity index (χ0n) is 12.2. The number of nitrogens with zero attached hydrogens (tertiary/aromatic N) is 3. The molecule has 0 aliphatic carbocycles. The van der Waals surface area contributed by atoms with Gasteiger partial charge in [-0.25, -0.2) is 0 Å². The van der Waals surface area contributed by atoms with Crippen LogP contribution in [0.15, 0.2) is 65.9 Å². The van der Waals surface area contributed by atoms with Gasteiger partial charge in [-0.05, 0) is 60.7 Å². The minimum atomic E-state index is -4.34. The summed E-state index contributed by atoms with van der Waals surface area (Å²) in [6.07, 6.45) is -0.869. The van der Waals surface area contributed by atoms with Gasteiger partial charge in [-0.1, -0.05) is 0 Å². The molecule has 4 nitrogen and oxygen atoms in total. The Kier molecular flexibility index (Phi) is 4.35. The van der Waals surface area contributed by atoms with E-state index in [0.29, 0.717) is 11.4 Å². The lowest BCUT2D eigenvalue weighted by Gasteiger charge is -2.23. The Morgan fingerprint density at radius 2 is 1.38 bits per heavy atom. The van der Waals surface area contributed by atoms with Crippen LogP contribution < -0.4 is 15.6 Å². The molecule has 122 valence electrons. The zero-order chi connectivity index (χ0) is 17.2. The maximum absolute atomic E-state index is 12.6. The van der Waals surface area contributed by atoms with Crippen LogP contribution >= 0.6 is 12.2 Å². The van der Waals surface area contributed by atoms with Crippen LogP contribution in [-0.2, 0) is 6.18 Å². The van der Waals surface area contributed by atoms with E-state index in [2.05, 4.69) is 27.9 Å². The van der Waals surface area contributed by atoms with Crippen molar-refractivity contribution in [2.45, 2.75) is 6.18 Å². The van der Waals surface area contributed by atoms with Crippen molar-refractivity contribution in [1.82, 2.24) is 5.53 Å². The molecule has 0 spiro atoms. The molecule has 0 saturated heterocycles. The largest absolute Gasteiger partial charge is 0.416 e. The van der Waals surface area contributed by atoms with Crippen LogP contribution in [0.2, 0.25) is 0 Å². The van der Waals surface area contributed by atoms with Crippen LogP contribution in [-0.4, -0.2) is 5.16 Å². The van der Waals surface area contributed by atoms with Crippen molar-refractivity contribution in [3.8, 4) is 0 Å². The van der Waals surface area contributed by atoms with E-state index < -0.39 is 11.7 Å². The molecular formula is C16H11F3N4S. The number of isothiocyanates is 1. The number of thiocarbonyl (C=S) groups is 1. The number of hydrazine groups is 2. The summed E-state index contributed by atoms with van der Waals surface area (Å²) in [6, 6.07) is 12.1. The lowest BCUT2D eigenvalue weighted by molar-refractivity contribution is -0.137. The van der Waals surface area contributed by atoms with Crippen LogP contribution in [0, 0.1) is 0 Å². The summed E-state index contributed by atoms with van der Waals surface area (Å²) < 4.78 is 37.8.